The van der Waals surface area contributed by atoms with Gasteiger partial charge in [-0.15, -0.1) is 0 Å². The summed E-state index contributed by atoms with van der Waals surface area (Å²) in [4.78, 5) is 28.6. The van der Waals surface area contributed by atoms with Crippen LogP contribution >= 0.6 is 0 Å². The molecule has 0 N–H and O–H groups in total. The van der Waals surface area contributed by atoms with Gasteiger partial charge in [0.1, 0.15) is 17.6 Å². The number of hydrogen-bond donors (Lipinski definition) is 0. The first-order valence-electron chi connectivity index (χ1n) is 13.9. The number of amides is 2. The Balaban J connectivity index is 1.77. The molecule has 7 nitrogen and oxygen atoms in total. The van der Waals surface area contributed by atoms with E-state index in [4.69, 9.17) is 14.2 Å². The third kappa shape index (κ3) is 6.22. The molecule has 2 aliphatic rings. The molecule has 2 amide bonds. The van der Waals surface area contributed by atoms with Crippen molar-refractivity contribution < 1.29 is 37.0 Å². The summed E-state index contributed by atoms with van der Waals surface area (Å²) in [6.07, 6.45) is -3.62. The number of halogens is 3. The Morgan fingerprint density at radius 2 is 1.79 bits per heavy atom. The molecular formula is C32H39F3N2O5. The molecule has 10 heteroatoms. The van der Waals surface area contributed by atoms with E-state index in [-0.39, 0.29) is 17.9 Å². The van der Waals surface area contributed by atoms with Crippen molar-refractivity contribution in [3.63, 3.8) is 0 Å². The second-order valence-electron chi connectivity index (χ2n) is 12.0. The smallest absolute Gasteiger partial charge is 0.416 e. The number of nitrogens with zero attached hydrogens (tertiary/aromatic N) is 2. The fourth-order valence-electron chi connectivity index (χ4n) is 5.94. The molecule has 2 atom stereocenters. The Morgan fingerprint density at radius 3 is 2.38 bits per heavy atom. The Morgan fingerprint density at radius 1 is 1.12 bits per heavy atom. The third-order valence-corrected chi connectivity index (χ3v) is 8.34. The fraction of sp³-hybridized carbons (Fsp3) is 0.500. The first kappa shape index (κ1) is 31.3. The zero-order valence-corrected chi connectivity index (χ0v) is 25.4. The number of aryl methyl sites for hydroxylation is 1. The van der Waals surface area contributed by atoms with Crippen LogP contribution in [-0.2, 0) is 15.7 Å². The van der Waals surface area contributed by atoms with Gasteiger partial charge in [-0.3, -0.25) is 9.69 Å². The molecule has 0 spiro atoms. The van der Waals surface area contributed by atoms with Crippen molar-refractivity contribution in [1.29, 1.82) is 0 Å². The van der Waals surface area contributed by atoms with Gasteiger partial charge in [-0.05, 0) is 73.4 Å². The number of methoxy groups -OCH3 is 2. The average molecular weight is 589 g/mol. The monoisotopic (exact) mass is 588 g/mol. The molecule has 0 aromatic heterocycles. The first-order valence-corrected chi connectivity index (χ1v) is 13.9. The van der Waals surface area contributed by atoms with Gasteiger partial charge in [0.05, 0.1) is 31.5 Å². The lowest BCUT2D eigenvalue weighted by Crippen LogP contribution is -2.35. The van der Waals surface area contributed by atoms with Crippen molar-refractivity contribution in [1.82, 2.24) is 4.90 Å². The molecule has 1 aliphatic carbocycles. The van der Waals surface area contributed by atoms with Crippen LogP contribution in [0.4, 0.5) is 23.7 Å². The highest BCUT2D eigenvalue weighted by Crippen LogP contribution is 2.48. The van der Waals surface area contributed by atoms with Crippen LogP contribution in [0.1, 0.15) is 75.3 Å². The highest BCUT2D eigenvalue weighted by Gasteiger charge is 2.42. The van der Waals surface area contributed by atoms with Crippen LogP contribution < -0.4 is 14.4 Å². The highest BCUT2D eigenvalue weighted by atomic mass is 19.4. The molecule has 0 radical (unpaired) electrons. The van der Waals surface area contributed by atoms with Crippen LogP contribution in [0.3, 0.4) is 0 Å². The molecule has 1 fully saturated rings. The summed E-state index contributed by atoms with van der Waals surface area (Å²) in [5.74, 6) is 0.907. The summed E-state index contributed by atoms with van der Waals surface area (Å²) < 4.78 is 57.6. The summed E-state index contributed by atoms with van der Waals surface area (Å²) in [6.45, 7) is 9.46. The molecule has 4 rings (SSSR count). The molecular weight excluding hydrogens is 549 g/mol. The maximum Gasteiger partial charge on any atom is 0.416 e. The number of rotatable bonds is 7. The summed E-state index contributed by atoms with van der Waals surface area (Å²) >= 11 is 0. The average Bonchev–Trinajstić information content (AvgIpc) is 3.19. The molecule has 2 aromatic carbocycles. The SMILES string of the molecule is COc1cc(OC)c(N(C)C(C)=O)cc1C1=C(CN2C(=O)O[C@H](c3cc(C)cc(C(F)(F)F)c3)[C@@H]2C)CC(C)(C)CC1. The standard InChI is InChI=1S/C32H39F3N2O5/c1-18-11-21(13-23(12-18)32(33,34)35)29-19(2)37(30(39)42-29)17-22-16-31(4,5)10-9-24(22)25-14-26(36(6)20(3)38)28(41-8)15-27(25)40-7/h11-15,19,29H,9-10,16-17H2,1-8H3/t19-,29-/m0/s1. The van der Waals surface area contributed by atoms with E-state index in [1.165, 1.54) is 18.9 Å². The van der Waals surface area contributed by atoms with Gasteiger partial charge in [-0.2, -0.15) is 13.2 Å². The van der Waals surface area contributed by atoms with Gasteiger partial charge in [-0.25, -0.2) is 4.79 Å². The number of hydrogen-bond acceptors (Lipinski definition) is 5. The predicted octanol–water partition coefficient (Wildman–Crippen LogP) is 7.56. The Hall–Kier alpha value is -3.69. The second-order valence-corrected chi connectivity index (χ2v) is 12.0. The lowest BCUT2D eigenvalue weighted by atomic mass is 9.72. The summed E-state index contributed by atoms with van der Waals surface area (Å²) in [5.41, 5.74) is 3.36. The van der Waals surface area contributed by atoms with Gasteiger partial charge in [0.2, 0.25) is 5.91 Å². The summed E-state index contributed by atoms with van der Waals surface area (Å²) in [6, 6.07) is 6.92. The zero-order valence-electron chi connectivity index (χ0n) is 25.4. The number of ether oxygens (including phenoxy) is 3. The number of cyclic esters (lactones) is 1. The molecule has 1 aliphatic heterocycles. The van der Waals surface area contributed by atoms with E-state index in [1.54, 1.807) is 45.0 Å². The number of allylic oxidation sites excluding steroid dienone is 1. The lowest BCUT2D eigenvalue weighted by molar-refractivity contribution is -0.137. The maximum atomic E-state index is 13.5. The van der Waals surface area contributed by atoms with Crippen molar-refractivity contribution >= 4 is 23.3 Å². The first-order chi connectivity index (χ1) is 19.6. The van der Waals surface area contributed by atoms with Crippen molar-refractivity contribution in [3.8, 4) is 11.5 Å². The number of anilines is 1. The minimum atomic E-state index is -4.51. The van der Waals surface area contributed by atoms with Gasteiger partial charge < -0.3 is 19.1 Å². The molecule has 0 unspecified atom stereocenters. The van der Waals surface area contributed by atoms with Crippen molar-refractivity contribution in [2.24, 2.45) is 5.41 Å². The Labute approximate surface area is 245 Å². The molecule has 1 heterocycles. The van der Waals surface area contributed by atoms with Crippen molar-refractivity contribution in [2.75, 3.05) is 32.7 Å². The van der Waals surface area contributed by atoms with Gasteiger partial charge >= 0.3 is 12.3 Å². The van der Waals surface area contributed by atoms with Crippen molar-refractivity contribution in [3.05, 3.63) is 58.2 Å². The normalized spacial score (nSPS) is 20.5. The molecule has 0 saturated carbocycles. The minimum Gasteiger partial charge on any atom is -0.496 e. The topological polar surface area (TPSA) is 68.3 Å². The van der Waals surface area contributed by atoms with Crippen LogP contribution in [0.5, 0.6) is 11.5 Å². The van der Waals surface area contributed by atoms with Crippen LogP contribution in [-0.4, -0.2) is 50.8 Å². The van der Waals surface area contributed by atoms with Gasteiger partial charge in [0, 0.05) is 32.1 Å². The predicted molar refractivity (Wildman–Crippen MR) is 155 cm³/mol. The van der Waals surface area contributed by atoms with Crippen LogP contribution in [0.25, 0.3) is 5.57 Å². The largest absolute Gasteiger partial charge is 0.496 e. The Bertz CT molecular complexity index is 1420. The van der Waals surface area contributed by atoms with Crippen LogP contribution in [0, 0.1) is 12.3 Å². The van der Waals surface area contributed by atoms with Crippen LogP contribution in [0.15, 0.2) is 35.9 Å². The molecule has 2 aromatic rings. The van der Waals surface area contributed by atoms with E-state index in [0.717, 1.165) is 35.3 Å². The third-order valence-electron chi connectivity index (χ3n) is 8.34. The minimum absolute atomic E-state index is 0.0397. The fourth-order valence-corrected chi connectivity index (χ4v) is 5.94. The summed E-state index contributed by atoms with van der Waals surface area (Å²) in [5, 5.41) is 0. The number of alkyl halides is 3. The quantitative estimate of drug-likeness (QED) is 0.334. The molecule has 228 valence electrons. The summed E-state index contributed by atoms with van der Waals surface area (Å²) in [7, 11) is 4.77. The van der Waals surface area contributed by atoms with E-state index in [9.17, 15) is 22.8 Å². The molecule has 1 saturated heterocycles. The van der Waals surface area contributed by atoms with E-state index < -0.39 is 30.0 Å². The van der Waals surface area contributed by atoms with Crippen molar-refractivity contribution in [2.45, 2.75) is 72.2 Å². The van der Waals surface area contributed by atoms with Crippen LogP contribution in [0.2, 0.25) is 0 Å². The number of carbonyl (C=O) groups excluding carboxylic acids is 2. The Kier molecular flexibility index (Phi) is 8.58. The lowest BCUT2D eigenvalue weighted by Gasteiger charge is -2.36. The molecule has 42 heavy (non-hydrogen) atoms. The highest BCUT2D eigenvalue weighted by molar-refractivity contribution is 5.94. The van der Waals surface area contributed by atoms with E-state index in [2.05, 4.69) is 13.8 Å². The number of carbonyl (C=O) groups is 2. The van der Waals surface area contributed by atoms with Gasteiger partial charge in [0.25, 0.3) is 0 Å². The van der Waals surface area contributed by atoms with Gasteiger partial charge in [-0.1, -0.05) is 25.5 Å². The van der Waals surface area contributed by atoms with E-state index >= 15 is 0 Å². The second kappa shape index (κ2) is 11.5. The number of benzene rings is 2. The van der Waals surface area contributed by atoms with E-state index in [0.29, 0.717) is 41.2 Å². The molecule has 0 bridgehead atoms. The van der Waals surface area contributed by atoms with Gasteiger partial charge in [0.15, 0.2) is 0 Å². The van der Waals surface area contributed by atoms with E-state index in [1.807, 2.05) is 6.07 Å². The zero-order chi connectivity index (χ0) is 31.1. The maximum absolute atomic E-state index is 13.5.